The number of benzene rings is 2. The Kier molecular flexibility index (Phi) is 5.99. The van der Waals surface area contributed by atoms with E-state index in [1.807, 2.05) is 12.1 Å². The zero-order chi connectivity index (χ0) is 20.1. The molecule has 0 aliphatic carbocycles. The van der Waals surface area contributed by atoms with Crippen LogP contribution >= 0.6 is 11.6 Å². The molecule has 3 aromatic rings. The first-order valence-corrected chi connectivity index (χ1v) is 8.70. The van der Waals surface area contributed by atoms with Gasteiger partial charge in [0.15, 0.2) is 0 Å². The maximum absolute atomic E-state index is 12.8. The van der Waals surface area contributed by atoms with Gasteiger partial charge in [0, 0.05) is 30.0 Å². The number of nitrogens with zero attached hydrogens (tertiary/aromatic N) is 2. The predicted octanol–water partition coefficient (Wildman–Crippen LogP) is 4.66. The fraction of sp³-hybridized carbons (Fsp3) is 0.211. The second-order valence-electron chi connectivity index (χ2n) is 5.99. The molecule has 1 amide bonds. The lowest BCUT2D eigenvalue weighted by Crippen LogP contribution is -2.23. The van der Waals surface area contributed by atoms with Crippen LogP contribution in [0.15, 0.2) is 53.1 Å². The molecule has 1 aromatic heterocycles. The molecule has 3 rings (SSSR count). The molecule has 0 atom stereocenters. The fourth-order valence-corrected chi connectivity index (χ4v) is 2.55. The summed E-state index contributed by atoms with van der Waals surface area (Å²) in [5.74, 6) is 0.00509. The number of hydrogen-bond acceptors (Lipinski definition) is 4. The van der Waals surface area contributed by atoms with E-state index in [9.17, 15) is 18.0 Å². The molecule has 0 unspecified atom stereocenters. The summed E-state index contributed by atoms with van der Waals surface area (Å²) < 4.78 is 43.4. The van der Waals surface area contributed by atoms with E-state index in [0.29, 0.717) is 11.6 Å². The lowest BCUT2D eigenvalue weighted by Gasteiger charge is -2.06. The van der Waals surface area contributed by atoms with Gasteiger partial charge in [-0.25, -0.2) is 0 Å². The molecular weight excluding hydrogens is 395 g/mol. The number of halogens is 4. The van der Waals surface area contributed by atoms with Crippen LogP contribution in [0.5, 0.6) is 0 Å². The summed E-state index contributed by atoms with van der Waals surface area (Å²) in [7, 11) is 0. The SMILES string of the molecule is O=C(CCc1nc(-c2cccc(C(F)(F)F)c2)no1)NCc1ccc(Cl)cc1. The highest BCUT2D eigenvalue weighted by Gasteiger charge is 2.30. The van der Waals surface area contributed by atoms with Gasteiger partial charge in [0.2, 0.25) is 17.6 Å². The Morgan fingerprint density at radius 1 is 1.14 bits per heavy atom. The van der Waals surface area contributed by atoms with Crippen LogP contribution < -0.4 is 5.32 Å². The highest BCUT2D eigenvalue weighted by atomic mass is 35.5. The van der Waals surface area contributed by atoms with Crippen molar-refractivity contribution in [3.05, 3.63) is 70.6 Å². The zero-order valence-corrected chi connectivity index (χ0v) is 15.2. The summed E-state index contributed by atoms with van der Waals surface area (Å²) in [6.45, 7) is 0.356. The van der Waals surface area contributed by atoms with Crippen LogP contribution in [-0.4, -0.2) is 16.0 Å². The van der Waals surface area contributed by atoms with E-state index >= 15 is 0 Å². The smallest absolute Gasteiger partial charge is 0.352 e. The molecule has 2 aromatic carbocycles. The number of rotatable bonds is 6. The molecule has 1 heterocycles. The maximum atomic E-state index is 12.8. The maximum Gasteiger partial charge on any atom is 0.416 e. The van der Waals surface area contributed by atoms with Gasteiger partial charge in [-0.2, -0.15) is 18.2 Å². The van der Waals surface area contributed by atoms with Gasteiger partial charge < -0.3 is 9.84 Å². The minimum Gasteiger partial charge on any atom is -0.352 e. The molecule has 0 spiro atoms. The monoisotopic (exact) mass is 409 g/mol. The lowest BCUT2D eigenvalue weighted by atomic mass is 10.1. The van der Waals surface area contributed by atoms with Gasteiger partial charge in [0.1, 0.15) is 0 Å². The number of amides is 1. The highest BCUT2D eigenvalue weighted by Crippen LogP contribution is 2.31. The molecule has 0 bridgehead atoms. The Labute approximate surface area is 163 Å². The van der Waals surface area contributed by atoms with E-state index in [-0.39, 0.29) is 36.0 Å². The van der Waals surface area contributed by atoms with Crippen molar-refractivity contribution < 1.29 is 22.5 Å². The van der Waals surface area contributed by atoms with Gasteiger partial charge >= 0.3 is 6.18 Å². The summed E-state index contributed by atoms with van der Waals surface area (Å²) in [4.78, 5) is 16.0. The second-order valence-corrected chi connectivity index (χ2v) is 6.43. The summed E-state index contributed by atoms with van der Waals surface area (Å²) in [5, 5.41) is 7.06. The molecule has 0 saturated carbocycles. The van der Waals surface area contributed by atoms with Gasteiger partial charge in [-0.1, -0.05) is 41.0 Å². The van der Waals surface area contributed by atoms with Gasteiger partial charge in [-0.3, -0.25) is 4.79 Å². The van der Waals surface area contributed by atoms with Crippen LogP contribution in [-0.2, 0) is 23.9 Å². The summed E-state index contributed by atoms with van der Waals surface area (Å²) in [6, 6.07) is 11.7. The van der Waals surface area contributed by atoms with E-state index in [4.69, 9.17) is 16.1 Å². The number of alkyl halides is 3. The standard InChI is InChI=1S/C19H15ClF3N3O2/c20-15-6-4-12(5-7-15)11-24-16(27)8-9-17-25-18(26-28-17)13-2-1-3-14(10-13)19(21,22)23/h1-7,10H,8-9,11H2,(H,24,27). The Balaban J connectivity index is 1.54. The van der Waals surface area contributed by atoms with Gasteiger partial charge in [0.25, 0.3) is 0 Å². The number of aryl methyl sites for hydroxylation is 1. The van der Waals surface area contributed by atoms with Crippen LogP contribution in [0.4, 0.5) is 13.2 Å². The van der Waals surface area contributed by atoms with E-state index in [0.717, 1.165) is 17.7 Å². The van der Waals surface area contributed by atoms with E-state index < -0.39 is 11.7 Å². The molecule has 0 fully saturated rings. The predicted molar refractivity (Wildman–Crippen MR) is 96.4 cm³/mol. The Hall–Kier alpha value is -2.87. The average molecular weight is 410 g/mol. The van der Waals surface area contributed by atoms with Crippen LogP contribution in [0, 0.1) is 0 Å². The summed E-state index contributed by atoms with van der Waals surface area (Å²) in [6.07, 6.45) is -4.17. The van der Waals surface area contributed by atoms with Crippen LogP contribution in [0.3, 0.4) is 0 Å². The number of carbonyl (C=O) groups excluding carboxylic acids is 1. The third-order valence-corrected chi connectivity index (χ3v) is 4.14. The molecule has 28 heavy (non-hydrogen) atoms. The van der Waals surface area contributed by atoms with Gasteiger partial charge in [-0.15, -0.1) is 0 Å². The molecule has 0 aliphatic rings. The second kappa shape index (κ2) is 8.43. The van der Waals surface area contributed by atoms with Crippen molar-refractivity contribution in [1.29, 1.82) is 0 Å². The van der Waals surface area contributed by atoms with Crippen LogP contribution in [0.25, 0.3) is 11.4 Å². The Morgan fingerprint density at radius 3 is 2.61 bits per heavy atom. The molecular formula is C19H15ClF3N3O2. The fourth-order valence-electron chi connectivity index (χ4n) is 2.42. The van der Waals surface area contributed by atoms with Crippen LogP contribution in [0.2, 0.25) is 5.02 Å². The first-order valence-electron chi connectivity index (χ1n) is 8.32. The van der Waals surface area contributed by atoms with E-state index in [2.05, 4.69) is 15.5 Å². The van der Waals surface area contributed by atoms with Crippen molar-refractivity contribution >= 4 is 17.5 Å². The van der Waals surface area contributed by atoms with Crippen molar-refractivity contribution in [3.8, 4) is 11.4 Å². The normalized spacial score (nSPS) is 11.4. The Bertz CT molecular complexity index is 956. The first kappa shape index (κ1) is 19.9. The van der Waals surface area contributed by atoms with Gasteiger partial charge in [0.05, 0.1) is 5.56 Å². The largest absolute Gasteiger partial charge is 0.416 e. The molecule has 0 radical (unpaired) electrons. The summed E-state index contributed by atoms with van der Waals surface area (Å²) >= 11 is 5.80. The zero-order valence-electron chi connectivity index (χ0n) is 14.5. The molecule has 0 aliphatic heterocycles. The average Bonchev–Trinajstić information content (AvgIpc) is 3.14. The molecule has 0 saturated heterocycles. The van der Waals surface area contributed by atoms with E-state index in [1.54, 1.807) is 12.1 Å². The topological polar surface area (TPSA) is 68.0 Å². The molecule has 5 nitrogen and oxygen atoms in total. The first-order chi connectivity index (χ1) is 13.3. The van der Waals surface area contributed by atoms with Gasteiger partial charge in [-0.05, 0) is 29.8 Å². The number of carbonyl (C=O) groups is 1. The van der Waals surface area contributed by atoms with Crippen molar-refractivity contribution in [2.75, 3.05) is 0 Å². The third kappa shape index (κ3) is 5.32. The van der Waals surface area contributed by atoms with Crippen molar-refractivity contribution in [2.45, 2.75) is 25.6 Å². The number of nitrogens with one attached hydrogen (secondary N) is 1. The minimum absolute atomic E-state index is 0.0441. The van der Waals surface area contributed by atoms with Crippen molar-refractivity contribution in [2.24, 2.45) is 0 Å². The minimum atomic E-state index is -4.45. The number of aromatic nitrogens is 2. The molecule has 146 valence electrons. The van der Waals surface area contributed by atoms with Crippen LogP contribution in [0.1, 0.15) is 23.4 Å². The number of hydrogen-bond donors (Lipinski definition) is 1. The van der Waals surface area contributed by atoms with Crippen molar-refractivity contribution in [1.82, 2.24) is 15.5 Å². The molecule has 9 heteroatoms. The quantitative estimate of drug-likeness (QED) is 0.643. The highest BCUT2D eigenvalue weighted by molar-refractivity contribution is 6.30. The Morgan fingerprint density at radius 2 is 1.89 bits per heavy atom. The molecule has 1 N–H and O–H groups in total. The van der Waals surface area contributed by atoms with E-state index in [1.165, 1.54) is 12.1 Å². The lowest BCUT2D eigenvalue weighted by molar-refractivity contribution is -0.137. The summed E-state index contributed by atoms with van der Waals surface area (Å²) in [5.41, 5.74) is 0.303. The van der Waals surface area contributed by atoms with Crippen molar-refractivity contribution in [3.63, 3.8) is 0 Å². The third-order valence-electron chi connectivity index (χ3n) is 3.89.